The van der Waals surface area contributed by atoms with Crippen LogP contribution in [0.15, 0.2) is 18.2 Å². The molecule has 96 valence electrons. The van der Waals surface area contributed by atoms with Crippen molar-refractivity contribution in [3.63, 3.8) is 0 Å². The Morgan fingerprint density at radius 2 is 2.28 bits per heavy atom. The number of ether oxygens (including phenoxy) is 1. The van der Waals surface area contributed by atoms with Crippen LogP contribution in [0.4, 0.5) is 4.39 Å². The van der Waals surface area contributed by atoms with Crippen molar-refractivity contribution in [1.29, 1.82) is 0 Å². The third-order valence-electron chi connectivity index (χ3n) is 2.98. The average molecular weight is 253 g/mol. The van der Waals surface area contributed by atoms with Gasteiger partial charge in [-0.15, -0.1) is 0 Å². The van der Waals surface area contributed by atoms with Crippen LogP contribution in [0.2, 0.25) is 0 Å². The maximum absolute atomic E-state index is 13.7. The minimum atomic E-state index is -1.12. The summed E-state index contributed by atoms with van der Waals surface area (Å²) in [6, 6.07) is 3.18. The van der Waals surface area contributed by atoms with Gasteiger partial charge in [-0.05, 0) is 18.2 Å². The molecule has 1 fully saturated rings. The Hall–Kier alpha value is -2.11. The molecule has 0 bridgehead atoms. The molecule has 5 nitrogen and oxygen atoms in total. The smallest absolute Gasteiger partial charge is 0.309 e. The highest BCUT2D eigenvalue weighted by atomic mass is 19.1. The Bertz CT molecular complexity index is 503. The molecule has 2 atom stereocenters. The molecule has 1 aromatic carbocycles. The monoisotopic (exact) mass is 253 g/mol. The number of methoxy groups -OCH3 is 1. The molecule has 1 saturated heterocycles. The fourth-order valence-corrected chi connectivity index (χ4v) is 2.06. The molecule has 2 rings (SSSR count). The van der Waals surface area contributed by atoms with Crippen LogP contribution in [0, 0.1) is 11.7 Å². The Labute approximate surface area is 103 Å². The number of benzene rings is 1. The summed E-state index contributed by atoms with van der Waals surface area (Å²) in [7, 11) is 1.43. The summed E-state index contributed by atoms with van der Waals surface area (Å²) >= 11 is 0. The van der Waals surface area contributed by atoms with Crippen molar-refractivity contribution in [3.8, 4) is 5.75 Å². The van der Waals surface area contributed by atoms with Gasteiger partial charge in [0.1, 0.15) is 11.6 Å². The lowest BCUT2D eigenvalue weighted by molar-refractivity contribution is -0.142. The van der Waals surface area contributed by atoms with Crippen molar-refractivity contribution >= 4 is 11.9 Å². The molecule has 1 aliphatic heterocycles. The van der Waals surface area contributed by atoms with E-state index in [4.69, 9.17) is 9.84 Å². The van der Waals surface area contributed by atoms with Gasteiger partial charge >= 0.3 is 5.97 Å². The molecular weight excluding hydrogens is 241 g/mol. The van der Waals surface area contributed by atoms with Gasteiger partial charge in [-0.3, -0.25) is 9.59 Å². The first-order chi connectivity index (χ1) is 8.52. The predicted molar refractivity (Wildman–Crippen MR) is 59.6 cm³/mol. The molecule has 1 heterocycles. The van der Waals surface area contributed by atoms with Crippen LogP contribution in [0.3, 0.4) is 0 Å². The van der Waals surface area contributed by atoms with Crippen molar-refractivity contribution in [1.82, 2.24) is 5.32 Å². The highest BCUT2D eigenvalue weighted by molar-refractivity contribution is 5.87. The first kappa shape index (κ1) is 12.3. The summed E-state index contributed by atoms with van der Waals surface area (Å²) in [6.45, 7) is 0. The number of nitrogens with one attached hydrogen (secondary N) is 1. The lowest BCUT2D eigenvalue weighted by Crippen LogP contribution is -2.25. The molecule has 0 saturated carbocycles. The van der Waals surface area contributed by atoms with Gasteiger partial charge in [0.2, 0.25) is 5.91 Å². The fourth-order valence-electron chi connectivity index (χ4n) is 2.06. The zero-order chi connectivity index (χ0) is 13.3. The Morgan fingerprint density at radius 1 is 1.56 bits per heavy atom. The van der Waals surface area contributed by atoms with E-state index in [0.29, 0.717) is 5.75 Å². The van der Waals surface area contributed by atoms with Crippen LogP contribution in [0.5, 0.6) is 5.75 Å². The summed E-state index contributed by atoms with van der Waals surface area (Å²) in [6.07, 6.45) is -0.142. The number of carbonyl (C=O) groups is 2. The molecule has 1 aromatic rings. The highest BCUT2D eigenvalue weighted by Gasteiger charge is 2.39. The van der Waals surface area contributed by atoms with E-state index in [-0.39, 0.29) is 12.0 Å². The number of hydrogen-bond donors (Lipinski definition) is 2. The largest absolute Gasteiger partial charge is 0.497 e. The topological polar surface area (TPSA) is 75.6 Å². The van der Waals surface area contributed by atoms with Crippen molar-refractivity contribution in [2.75, 3.05) is 7.11 Å². The van der Waals surface area contributed by atoms with Crippen LogP contribution >= 0.6 is 0 Å². The van der Waals surface area contributed by atoms with Crippen molar-refractivity contribution in [3.05, 3.63) is 29.6 Å². The number of carboxylic acids is 1. The molecule has 6 heteroatoms. The second-order valence-electron chi connectivity index (χ2n) is 4.08. The van der Waals surface area contributed by atoms with Crippen molar-refractivity contribution < 1.29 is 23.8 Å². The maximum atomic E-state index is 13.7. The predicted octanol–water partition coefficient (Wildman–Crippen LogP) is 1.10. The molecular formula is C12H12FNO4. The second kappa shape index (κ2) is 4.64. The van der Waals surface area contributed by atoms with Crippen LogP contribution in [-0.2, 0) is 9.59 Å². The van der Waals surface area contributed by atoms with E-state index in [9.17, 15) is 14.0 Å². The molecule has 18 heavy (non-hydrogen) atoms. The Kier molecular flexibility index (Phi) is 3.18. The van der Waals surface area contributed by atoms with Gasteiger partial charge in [-0.2, -0.15) is 0 Å². The number of halogens is 1. The van der Waals surface area contributed by atoms with Gasteiger partial charge in [-0.25, -0.2) is 4.39 Å². The van der Waals surface area contributed by atoms with E-state index in [1.807, 2.05) is 0 Å². The normalized spacial score (nSPS) is 22.7. The third kappa shape index (κ3) is 2.13. The minimum absolute atomic E-state index is 0.132. The van der Waals surface area contributed by atoms with E-state index in [2.05, 4.69) is 5.32 Å². The summed E-state index contributed by atoms with van der Waals surface area (Å²) < 4.78 is 18.7. The van der Waals surface area contributed by atoms with Gasteiger partial charge in [0.15, 0.2) is 0 Å². The number of rotatable bonds is 3. The minimum Gasteiger partial charge on any atom is -0.497 e. The first-order valence-electron chi connectivity index (χ1n) is 5.38. The first-order valence-corrected chi connectivity index (χ1v) is 5.38. The molecule has 1 amide bonds. The number of aliphatic carboxylic acids is 1. The Balaban J connectivity index is 2.40. The van der Waals surface area contributed by atoms with Gasteiger partial charge in [0.25, 0.3) is 0 Å². The van der Waals surface area contributed by atoms with E-state index in [0.717, 1.165) is 0 Å². The fraction of sp³-hybridized carbons (Fsp3) is 0.333. The lowest BCUT2D eigenvalue weighted by Gasteiger charge is -2.17. The quantitative estimate of drug-likeness (QED) is 0.845. The molecule has 0 unspecified atom stereocenters. The zero-order valence-electron chi connectivity index (χ0n) is 9.64. The highest BCUT2D eigenvalue weighted by Crippen LogP contribution is 2.33. The van der Waals surface area contributed by atoms with Crippen LogP contribution < -0.4 is 10.1 Å². The number of carbonyl (C=O) groups excluding carboxylic acids is 1. The molecule has 0 aliphatic carbocycles. The number of hydrogen-bond acceptors (Lipinski definition) is 3. The van der Waals surface area contributed by atoms with E-state index in [1.54, 1.807) is 0 Å². The molecule has 0 radical (unpaired) electrons. The lowest BCUT2D eigenvalue weighted by atomic mass is 9.94. The van der Waals surface area contributed by atoms with Gasteiger partial charge in [0, 0.05) is 12.0 Å². The van der Waals surface area contributed by atoms with E-state index >= 15 is 0 Å². The maximum Gasteiger partial charge on any atom is 0.309 e. The number of amides is 1. The average Bonchev–Trinajstić information content (AvgIpc) is 2.72. The van der Waals surface area contributed by atoms with E-state index in [1.165, 1.54) is 25.3 Å². The molecule has 0 aromatic heterocycles. The van der Waals surface area contributed by atoms with Crippen LogP contribution in [0.25, 0.3) is 0 Å². The van der Waals surface area contributed by atoms with Crippen molar-refractivity contribution in [2.45, 2.75) is 12.5 Å². The van der Waals surface area contributed by atoms with Crippen LogP contribution in [0.1, 0.15) is 18.0 Å². The van der Waals surface area contributed by atoms with Crippen LogP contribution in [-0.4, -0.2) is 24.1 Å². The standard InChI is InChI=1S/C12H12FNO4/c1-18-6-2-3-9(13)7(4-6)11-8(12(16)17)5-10(15)14-11/h2-4,8,11H,5H2,1H3,(H,14,15)(H,16,17)/t8-,11+/m0/s1. The molecule has 1 aliphatic rings. The third-order valence-corrected chi connectivity index (χ3v) is 2.98. The van der Waals surface area contributed by atoms with Gasteiger partial charge in [-0.1, -0.05) is 0 Å². The second-order valence-corrected chi connectivity index (χ2v) is 4.08. The van der Waals surface area contributed by atoms with Gasteiger partial charge < -0.3 is 15.2 Å². The van der Waals surface area contributed by atoms with E-state index < -0.39 is 29.7 Å². The summed E-state index contributed by atoms with van der Waals surface area (Å²) in [5.41, 5.74) is 0.132. The number of carboxylic acid groups (broad SMARTS) is 1. The zero-order valence-corrected chi connectivity index (χ0v) is 9.64. The molecule has 0 spiro atoms. The SMILES string of the molecule is COc1ccc(F)c([C@H]2NC(=O)C[C@@H]2C(=O)O)c1. The summed E-state index contributed by atoms with van der Waals surface area (Å²) in [5.74, 6) is -2.62. The Morgan fingerprint density at radius 3 is 2.89 bits per heavy atom. The van der Waals surface area contributed by atoms with Gasteiger partial charge in [0.05, 0.1) is 19.1 Å². The van der Waals surface area contributed by atoms with Crippen molar-refractivity contribution in [2.24, 2.45) is 5.92 Å². The molecule has 2 N–H and O–H groups in total. The summed E-state index contributed by atoms with van der Waals surface area (Å²) in [4.78, 5) is 22.3. The summed E-state index contributed by atoms with van der Waals surface area (Å²) in [5, 5.41) is 11.5.